The molecule has 2 saturated heterocycles. The van der Waals surface area contributed by atoms with Crippen LogP contribution in [0.1, 0.15) is 144 Å². The first-order valence-electron chi connectivity index (χ1n) is 38.1. The fraction of sp³-hybridized carbons (Fsp3) is 0.699. The SMILES string of the molecule is CCCC[C@@H]1NC(=O)[C@@H]2CSSC[C@H](NC(=O)[C@H](CC(=O)O)NC(=O)CNC1=O)C(=O)N[C@@H](Cc1ccccc1)C(=O)N[C@H](C(=O)NCCOCCOCCOCCNC(=O)COCC(C)=O)CSCC(=O)N[C@@H](CCCCNC(=O)CCCC(=O)NCCC(CCNC(C)(C)/C(C)=N\O)CCNC(C)(C)/C(C)=N\O)C(=O)N2. The van der Waals surface area contributed by atoms with Crippen molar-refractivity contribution in [3.05, 3.63) is 35.9 Å². The van der Waals surface area contributed by atoms with Gasteiger partial charge in [0.15, 0.2) is 5.78 Å². The second kappa shape index (κ2) is 56.1. The number of nitrogens with zero attached hydrogens (tertiary/aromatic N) is 2. The van der Waals surface area contributed by atoms with Crippen LogP contribution in [0.15, 0.2) is 40.6 Å². The van der Waals surface area contributed by atoms with Crippen LogP contribution in [0, 0.1) is 5.92 Å². The maximum Gasteiger partial charge on any atom is 0.305 e. The number of Topliss-reactive ketones (excluding diaryl/α,β-unsaturated/α-hetero) is 1. The summed E-state index contributed by atoms with van der Waals surface area (Å²) >= 11 is 0.905. The van der Waals surface area contributed by atoms with Crippen molar-refractivity contribution in [1.29, 1.82) is 0 Å². The van der Waals surface area contributed by atoms with E-state index in [4.69, 9.17) is 18.9 Å². The Bertz CT molecular complexity index is 3230. The minimum Gasteiger partial charge on any atom is -0.481 e. The number of nitrogens with one attached hydrogen (secondary N) is 14. The standard InChI is InChI=1S/C73H120N16O21S3/c1-9-10-19-52-65(98)78-40-61(93)82-55(39-64(96)97)69(102)87-58-45-113-112-44-57(70(103)83-52)86-67(100)53(20-14-15-26-74-59(91)21-16-22-60(92)75-27-23-50(24-28-79-72(5,6)48(3)88-105)25-29-80-73(7,8)49(4)89-106)81-63(95)46-111-43-56(85-68(101)54(84-71(58)104)38-51-17-12-11-13-18-51)66(99)77-31-33-108-35-37-109-36-34-107-32-30-76-62(94)42-110-41-47(2)90/h11-13,17-18,50,52-58,79-80,105-106H,9-10,14-16,19-46H2,1-8H3,(H,74,91)(H,75,92)(H,76,94)(H,77,99)(H,78,98)(H,81,95)(H,82,93)(H,83,103)(H,84,104)(H,85,101)(H,86,100)(H,87,102)(H,96,97)/b88-48-,89-49-/t52-,53-,54-,55-,56-,57-,58-/m0/s1. The molecule has 0 radical (unpaired) electrons. The molecule has 2 aliphatic heterocycles. The maximum absolute atomic E-state index is 14.7. The first-order valence-corrected chi connectivity index (χ1v) is 41.7. The van der Waals surface area contributed by atoms with Crippen molar-refractivity contribution in [3.63, 3.8) is 0 Å². The smallest absolute Gasteiger partial charge is 0.305 e. The van der Waals surface area contributed by atoms with E-state index in [-0.39, 0.29) is 158 Å². The van der Waals surface area contributed by atoms with Crippen LogP contribution in [0.4, 0.5) is 0 Å². The molecule has 40 heteroatoms. The van der Waals surface area contributed by atoms with Gasteiger partial charge in [-0.25, -0.2) is 0 Å². The normalized spacial score (nSPS) is 20.0. The molecule has 0 aliphatic carbocycles. The first-order chi connectivity index (χ1) is 53.9. The quantitative estimate of drug-likeness (QED) is 0.0125. The van der Waals surface area contributed by atoms with Crippen molar-refractivity contribution in [2.45, 2.75) is 199 Å². The summed E-state index contributed by atoms with van der Waals surface area (Å²) in [4.78, 5) is 189. The minimum atomic E-state index is -1.80. The zero-order chi connectivity index (χ0) is 83.6. The second-order valence-corrected chi connectivity index (χ2v) is 31.8. The Labute approximate surface area is 672 Å². The number of hydrogen-bond acceptors (Lipinski definition) is 27. The summed E-state index contributed by atoms with van der Waals surface area (Å²) in [5.41, 5.74) is 0.497. The summed E-state index contributed by atoms with van der Waals surface area (Å²) in [5, 5.41) is 74.0. The fourth-order valence-electron chi connectivity index (χ4n) is 10.9. The number of unbranched alkanes of at least 4 members (excludes halogenated alkanes) is 2. The van der Waals surface area contributed by atoms with E-state index in [1.807, 2.05) is 34.6 Å². The molecule has 2 bridgehead atoms. The Morgan fingerprint density at radius 1 is 0.522 bits per heavy atom. The van der Waals surface area contributed by atoms with Gasteiger partial charge in [0.25, 0.3) is 0 Å². The van der Waals surface area contributed by atoms with Gasteiger partial charge in [-0.05, 0) is 124 Å². The van der Waals surface area contributed by atoms with Gasteiger partial charge in [-0.15, -0.1) is 11.8 Å². The molecule has 2 heterocycles. The highest BCUT2D eigenvalue weighted by molar-refractivity contribution is 8.76. The predicted octanol–water partition coefficient (Wildman–Crippen LogP) is -0.771. The van der Waals surface area contributed by atoms with Crippen LogP contribution < -0.4 is 74.4 Å². The summed E-state index contributed by atoms with van der Waals surface area (Å²) in [7, 11) is 1.88. The number of rotatable bonds is 46. The molecule has 113 heavy (non-hydrogen) atoms. The molecular formula is C73H120N16O21S3. The molecule has 2 fully saturated rings. The number of ether oxygens (including phenoxy) is 4. The Hall–Kier alpha value is -8.25. The van der Waals surface area contributed by atoms with Crippen LogP contribution in [-0.4, -0.2) is 285 Å². The van der Waals surface area contributed by atoms with Crippen LogP contribution >= 0.6 is 33.3 Å². The zero-order valence-corrected chi connectivity index (χ0v) is 68.6. The summed E-state index contributed by atoms with van der Waals surface area (Å²) in [6, 6.07) is -1.90. The van der Waals surface area contributed by atoms with Crippen LogP contribution in [0.3, 0.4) is 0 Å². The van der Waals surface area contributed by atoms with Gasteiger partial charge in [-0.2, -0.15) is 0 Å². The maximum atomic E-state index is 14.7. The number of carboxylic acid groups (broad SMARTS) is 1. The number of carbonyl (C=O) groups excluding carboxylic acids is 13. The highest BCUT2D eigenvalue weighted by atomic mass is 33.1. The molecule has 1 aromatic rings. The lowest BCUT2D eigenvalue weighted by Gasteiger charge is -2.28. The van der Waals surface area contributed by atoms with E-state index in [2.05, 4.69) is 84.7 Å². The number of oxime groups is 2. The second-order valence-electron chi connectivity index (χ2n) is 28.2. The number of thioether (sulfide) groups is 1. The van der Waals surface area contributed by atoms with E-state index in [0.717, 1.165) is 46.2 Å². The molecule has 0 unspecified atom stereocenters. The van der Waals surface area contributed by atoms with Crippen molar-refractivity contribution < 1.29 is 102 Å². The molecule has 636 valence electrons. The number of aliphatic carboxylic acids is 1. The lowest BCUT2D eigenvalue weighted by Crippen LogP contribution is -2.60. The fourth-order valence-corrected chi connectivity index (χ4v) is 14.1. The lowest BCUT2D eigenvalue weighted by atomic mass is 9.94. The predicted molar refractivity (Wildman–Crippen MR) is 426 cm³/mol. The highest BCUT2D eigenvalue weighted by Crippen LogP contribution is 2.25. The topological polar surface area (TPSA) is 530 Å². The van der Waals surface area contributed by atoms with Gasteiger partial charge in [0.05, 0.1) is 80.9 Å². The van der Waals surface area contributed by atoms with E-state index in [9.17, 15) is 82.6 Å². The highest BCUT2D eigenvalue weighted by Gasteiger charge is 2.36. The summed E-state index contributed by atoms with van der Waals surface area (Å²) in [6.45, 7) is 15.8. The van der Waals surface area contributed by atoms with Crippen molar-refractivity contribution in [2.75, 3.05) is 122 Å². The molecule has 0 spiro atoms. The van der Waals surface area contributed by atoms with Crippen molar-refractivity contribution in [2.24, 2.45) is 16.2 Å². The first kappa shape index (κ1) is 98.9. The van der Waals surface area contributed by atoms with Gasteiger partial charge in [-0.3, -0.25) is 67.1 Å². The average molecular weight is 1650 g/mol. The third kappa shape index (κ3) is 43.2. The van der Waals surface area contributed by atoms with E-state index in [0.29, 0.717) is 62.3 Å². The van der Waals surface area contributed by atoms with Gasteiger partial charge < -0.3 is 109 Å². The Morgan fingerprint density at radius 2 is 1.03 bits per heavy atom. The number of benzene rings is 1. The lowest BCUT2D eigenvalue weighted by molar-refractivity contribution is -0.141. The number of amides is 12. The van der Waals surface area contributed by atoms with Gasteiger partial charge >= 0.3 is 5.97 Å². The summed E-state index contributed by atoms with van der Waals surface area (Å²) in [6.07, 6.45) is 2.87. The van der Waals surface area contributed by atoms with Gasteiger partial charge in [-0.1, -0.05) is 82.0 Å². The van der Waals surface area contributed by atoms with E-state index < -0.39 is 137 Å². The number of fused-ring (bicyclic) bond motifs is 5. The molecule has 37 nitrogen and oxygen atoms in total. The Morgan fingerprint density at radius 3 is 1.59 bits per heavy atom. The third-order valence-electron chi connectivity index (χ3n) is 18.1. The van der Waals surface area contributed by atoms with Crippen LogP contribution in [0.25, 0.3) is 0 Å². The number of hydrogen-bond donors (Lipinski definition) is 17. The van der Waals surface area contributed by atoms with Crippen LogP contribution in [-0.2, 0) is 92.5 Å². The third-order valence-corrected chi connectivity index (χ3v) is 21.6. The largest absolute Gasteiger partial charge is 0.481 e. The molecular weight excluding hydrogens is 1530 g/mol. The number of carbonyl (C=O) groups is 14. The molecule has 2 aliphatic rings. The molecule has 0 aromatic heterocycles. The minimum absolute atomic E-state index is 0.0196. The molecule has 12 amide bonds. The number of ketones is 1. The zero-order valence-electron chi connectivity index (χ0n) is 66.1. The molecule has 3 rings (SSSR count). The summed E-state index contributed by atoms with van der Waals surface area (Å²) < 4.78 is 21.6. The van der Waals surface area contributed by atoms with Crippen molar-refractivity contribution in [1.82, 2.24) is 74.4 Å². The number of carboxylic acids is 1. The molecule has 1 aromatic carbocycles. The molecule has 0 saturated carbocycles. The molecule has 17 N–H and O–H groups in total. The Balaban J connectivity index is 1.87. The van der Waals surface area contributed by atoms with Gasteiger partial charge in [0, 0.05) is 62.7 Å². The monoisotopic (exact) mass is 1650 g/mol. The average Bonchev–Trinajstić information content (AvgIpc) is 1.47. The van der Waals surface area contributed by atoms with Gasteiger partial charge in [0.2, 0.25) is 70.9 Å². The van der Waals surface area contributed by atoms with Gasteiger partial charge in [0.1, 0.15) is 55.5 Å². The van der Waals surface area contributed by atoms with Crippen LogP contribution in [0.2, 0.25) is 0 Å². The van der Waals surface area contributed by atoms with Crippen molar-refractivity contribution >= 4 is 127 Å². The summed E-state index contributed by atoms with van der Waals surface area (Å²) in [5.74, 6) is -11.7. The van der Waals surface area contributed by atoms with E-state index in [1.54, 1.807) is 44.2 Å². The molecule has 7 atom stereocenters. The Kier molecular flexibility index (Phi) is 49.1. The van der Waals surface area contributed by atoms with Crippen LogP contribution in [0.5, 0.6) is 0 Å². The van der Waals surface area contributed by atoms with Crippen molar-refractivity contribution in [3.8, 4) is 0 Å². The van der Waals surface area contributed by atoms with E-state index in [1.165, 1.54) is 6.92 Å². The van der Waals surface area contributed by atoms with E-state index >= 15 is 0 Å².